The lowest BCUT2D eigenvalue weighted by atomic mass is 10.2. The van der Waals surface area contributed by atoms with Crippen molar-refractivity contribution in [3.63, 3.8) is 0 Å². The predicted octanol–water partition coefficient (Wildman–Crippen LogP) is -1.27. The van der Waals surface area contributed by atoms with Gasteiger partial charge in [0.15, 0.2) is 0 Å². The quantitative estimate of drug-likeness (QED) is 0.633. The molecule has 1 aliphatic rings. The molecule has 1 atom stereocenters. The van der Waals surface area contributed by atoms with E-state index < -0.39 is 47.3 Å². The van der Waals surface area contributed by atoms with E-state index in [0.717, 1.165) is 6.92 Å². The molecule has 1 heterocycles. The predicted molar refractivity (Wildman–Crippen MR) is 52.3 cm³/mol. The minimum atomic E-state index is -4.72. The number of alkyl halides is 3. The average molecular weight is 289 g/mol. The molecule has 1 rings (SSSR count). The molecule has 2 N–H and O–H groups in total. The maximum absolute atomic E-state index is 11.9. The molecule has 0 saturated carbocycles. The Labute approximate surface area is 100 Å². The molecule has 104 valence electrons. The number of carbonyl (C=O) groups is 2. The van der Waals surface area contributed by atoms with E-state index in [1.165, 1.54) is 4.72 Å². The highest BCUT2D eigenvalue weighted by Gasteiger charge is 2.39. The number of carbonyl (C=O) groups excluding carboxylic acids is 2. The molecule has 18 heavy (non-hydrogen) atoms. The van der Waals surface area contributed by atoms with Crippen molar-refractivity contribution in [2.45, 2.75) is 19.1 Å². The standard InChI is InChI=1S/C7H10F3N3O4S/c1-4-6(15)12-5(14)2-13(4)18(16,17)11-3-7(8,9)10/h4,11H,2-3H2,1H3,(H,12,14,15). The molecule has 11 heteroatoms. The molecule has 0 spiro atoms. The number of piperazine rings is 1. The van der Waals surface area contributed by atoms with Crippen LogP contribution in [0.2, 0.25) is 0 Å². The number of hydrogen-bond acceptors (Lipinski definition) is 4. The molecule has 1 aliphatic heterocycles. The summed E-state index contributed by atoms with van der Waals surface area (Å²) in [4.78, 5) is 22.2. The Morgan fingerprint density at radius 2 is 2.00 bits per heavy atom. The molecular formula is C7H10F3N3O4S. The van der Waals surface area contributed by atoms with Crippen LogP contribution in [0.15, 0.2) is 0 Å². The van der Waals surface area contributed by atoms with Crippen LogP contribution < -0.4 is 10.0 Å². The maximum Gasteiger partial charge on any atom is 0.402 e. The van der Waals surface area contributed by atoms with Gasteiger partial charge in [0.1, 0.15) is 12.6 Å². The van der Waals surface area contributed by atoms with Gasteiger partial charge in [0.2, 0.25) is 11.8 Å². The van der Waals surface area contributed by atoms with Crippen LogP contribution in [0.3, 0.4) is 0 Å². The zero-order chi connectivity index (χ0) is 14.1. The van der Waals surface area contributed by atoms with Gasteiger partial charge in [-0.1, -0.05) is 0 Å². The molecule has 0 aliphatic carbocycles. The van der Waals surface area contributed by atoms with Crippen molar-refractivity contribution in [2.24, 2.45) is 0 Å². The SMILES string of the molecule is CC1C(=O)NC(=O)CN1S(=O)(=O)NCC(F)(F)F. The minimum absolute atomic E-state index is 0.375. The first-order chi connectivity index (χ1) is 8.03. The second kappa shape index (κ2) is 4.82. The summed E-state index contributed by atoms with van der Waals surface area (Å²) in [6.07, 6.45) is -4.72. The van der Waals surface area contributed by atoms with Crippen molar-refractivity contribution < 1.29 is 31.2 Å². The van der Waals surface area contributed by atoms with E-state index in [-0.39, 0.29) is 0 Å². The third-order valence-electron chi connectivity index (χ3n) is 2.14. The molecule has 1 unspecified atom stereocenters. The number of nitrogens with zero attached hydrogens (tertiary/aromatic N) is 1. The maximum atomic E-state index is 11.9. The second-order valence-corrected chi connectivity index (χ2v) is 5.28. The lowest BCUT2D eigenvalue weighted by molar-refractivity contribution is -0.136. The summed E-state index contributed by atoms with van der Waals surface area (Å²) in [5.41, 5.74) is 0. The van der Waals surface area contributed by atoms with Gasteiger partial charge in [-0.2, -0.15) is 30.6 Å². The Morgan fingerprint density at radius 3 is 2.50 bits per heavy atom. The summed E-state index contributed by atoms with van der Waals surface area (Å²) >= 11 is 0. The second-order valence-electron chi connectivity index (χ2n) is 3.57. The summed E-state index contributed by atoms with van der Waals surface area (Å²) < 4.78 is 60.4. The lowest BCUT2D eigenvalue weighted by Gasteiger charge is -2.30. The zero-order valence-electron chi connectivity index (χ0n) is 9.11. The van der Waals surface area contributed by atoms with Crippen molar-refractivity contribution in [3.8, 4) is 0 Å². The minimum Gasteiger partial charge on any atom is -0.294 e. The Morgan fingerprint density at radius 1 is 1.44 bits per heavy atom. The van der Waals surface area contributed by atoms with Gasteiger partial charge in [-0.15, -0.1) is 0 Å². The Hall–Kier alpha value is -1.20. The fraction of sp³-hybridized carbons (Fsp3) is 0.714. The van der Waals surface area contributed by atoms with Gasteiger partial charge in [0.25, 0.3) is 10.2 Å². The first-order valence-electron chi connectivity index (χ1n) is 4.70. The van der Waals surface area contributed by atoms with Crippen LogP contribution in [0, 0.1) is 0 Å². The topological polar surface area (TPSA) is 95.6 Å². The van der Waals surface area contributed by atoms with Gasteiger partial charge in [-0.3, -0.25) is 14.9 Å². The highest BCUT2D eigenvalue weighted by Crippen LogP contribution is 2.15. The van der Waals surface area contributed by atoms with Gasteiger partial charge in [0.05, 0.1) is 6.54 Å². The molecule has 0 aromatic carbocycles. The van der Waals surface area contributed by atoms with E-state index in [1.54, 1.807) is 0 Å². The van der Waals surface area contributed by atoms with Crippen LogP contribution >= 0.6 is 0 Å². The van der Waals surface area contributed by atoms with E-state index in [9.17, 15) is 31.2 Å². The third kappa shape index (κ3) is 3.65. The van der Waals surface area contributed by atoms with Crippen LogP contribution in [0.5, 0.6) is 0 Å². The Bertz CT molecular complexity index is 461. The number of nitrogens with one attached hydrogen (secondary N) is 2. The molecular weight excluding hydrogens is 279 g/mol. The summed E-state index contributed by atoms with van der Waals surface area (Å²) in [5, 5.41) is 1.87. The van der Waals surface area contributed by atoms with E-state index in [4.69, 9.17) is 0 Å². The van der Waals surface area contributed by atoms with Gasteiger partial charge in [-0.05, 0) is 6.92 Å². The van der Waals surface area contributed by atoms with Crippen molar-refractivity contribution in [1.82, 2.24) is 14.3 Å². The number of halogens is 3. The molecule has 7 nitrogen and oxygen atoms in total. The van der Waals surface area contributed by atoms with E-state index >= 15 is 0 Å². The van der Waals surface area contributed by atoms with E-state index in [0.29, 0.717) is 4.31 Å². The normalized spacial score (nSPS) is 23.0. The summed E-state index contributed by atoms with van der Waals surface area (Å²) in [7, 11) is -4.55. The summed E-state index contributed by atoms with van der Waals surface area (Å²) in [6, 6.07) is -1.26. The van der Waals surface area contributed by atoms with Crippen molar-refractivity contribution in [1.29, 1.82) is 0 Å². The molecule has 0 bridgehead atoms. The first-order valence-corrected chi connectivity index (χ1v) is 6.14. The third-order valence-corrected chi connectivity index (χ3v) is 3.71. The molecule has 1 fully saturated rings. The largest absolute Gasteiger partial charge is 0.402 e. The highest BCUT2D eigenvalue weighted by molar-refractivity contribution is 7.87. The first kappa shape index (κ1) is 14.9. The van der Waals surface area contributed by atoms with Gasteiger partial charge in [0, 0.05) is 0 Å². The molecule has 1 saturated heterocycles. The fourth-order valence-electron chi connectivity index (χ4n) is 1.24. The number of rotatable bonds is 3. The molecule has 2 amide bonds. The zero-order valence-corrected chi connectivity index (χ0v) is 9.93. The van der Waals surface area contributed by atoms with Crippen LogP contribution in [0.1, 0.15) is 6.92 Å². The van der Waals surface area contributed by atoms with Gasteiger partial charge < -0.3 is 0 Å². The van der Waals surface area contributed by atoms with Crippen molar-refractivity contribution in [2.75, 3.05) is 13.1 Å². The molecule has 0 aromatic heterocycles. The monoisotopic (exact) mass is 289 g/mol. The molecule has 0 aromatic rings. The van der Waals surface area contributed by atoms with E-state index in [2.05, 4.69) is 0 Å². The molecule has 0 radical (unpaired) electrons. The number of imide groups is 1. The average Bonchev–Trinajstić information content (AvgIpc) is 2.19. The smallest absolute Gasteiger partial charge is 0.294 e. The van der Waals surface area contributed by atoms with Crippen molar-refractivity contribution in [3.05, 3.63) is 0 Å². The van der Waals surface area contributed by atoms with E-state index in [1.807, 2.05) is 5.32 Å². The van der Waals surface area contributed by atoms with Crippen LogP contribution in [-0.2, 0) is 19.8 Å². The van der Waals surface area contributed by atoms with Crippen LogP contribution in [0.25, 0.3) is 0 Å². The van der Waals surface area contributed by atoms with Crippen LogP contribution in [0.4, 0.5) is 13.2 Å². The summed E-state index contributed by atoms with van der Waals surface area (Å²) in [6.45, 7) is -1.32. The number of amides is 2. The highest BCUT2D eigenvalue weighted by atomic mass is 32.2. The van der Waals surface area contributed by atoms with Gasteiger partial charge in [-0.25, -0.2) is 0 Å². The Balaban J connectivity index is 2.83. The fourth-order valence-corrected chi connectivity index (χ4v) is 2.55. The van der Waals surface area contributed by atoms with Crippen molar-refractivity contribution >= 4 is 22.0 Å². The lowest BCUT2D eigenvalue weighted by Crippen LogP contribution is -2.61. The Kier molecular flexibility index (Phi) is 3.98. The van der Waals surface area contributed by atoms with Gasteiger partial charge >= 0.3 is 6.18 Å². The summed E-state index contributed by atoms with van der Waals surface area (Å²) in [5.74, 6) is -1.78. The number of hydrogen-bond donors (Lipinski definition) is 2. The van der Waals surface area contributed by atoms with Crippen LogP contribution in [-0.4, -0.2) is 49.8 Å².